The summed E-state index contributed by atoms with van der Waals surface area (Å²) in [4.78, 5) is 0. The van der Waals surface area contributed by atoms with E-state index >= 15 is 0 Å². The highest BCUT2D eigenvalue weighted by atomic mass is 19.1. The number of hydrogen-bond acceptors (Lipinski definition) is 0. The predicted molar refractivity (Wildman–Crippen MR) is 41.3 cm³/mol. The third-order valence-electron chi connectivity index (χ3n) is 0.996. The zero-order valence-electron chi connectivity index (χ0n) is 6.23. The zero-order valence-corrected chi connectivity index (χ0v) is 6.23. The van der Waals surface area contributed by atoms with Crippen LogP contribution in [0.3, 0.4) is 0 Å². The van der Waals surface area contributed by atoms with Crippen molar-refractivity contribution in [3.05, 3.63) is 36.2 Å². The Morgan fingerprint density at radius 3 is 2.30 bits per heavy atom. The molecule has 0 aliphatic carbocycles. The van der Waals surface area contributed by atoms with E-state index in [4.69, 9.17) is 0 Å². The second-order valence-electron chi connectivity index (χ2n) is 1.74. The summed E-state index contributed by atoms with van der Waals surface area (Å²) in [5, 5.41) is 0. The standard InChI is InChI=1S/C8H11F.FH/c1-4-6-8(9)7(3)5-2;/h4-6H,2H2,1,3H3;1H/b6-4-,8-7+;. The molecule has 0 bridgehead atoms. The summed E-state index contributed by atoms with van der Waals surface area (Å²) in [6, 6.07) is 0. The van der Waals surface area contributed by atoms with Crippen LogP contribution in [0.15, 0.2) is 36.2 Å². The molecule has 0 spiro atoms. The van der Waals surface area contributed by atoms with Gasteiger partial charge in [-0.3, -0.25) is 4.70 Å². The molecule has 0 nitrogen and oxygen atoms in total. The summed E-state index contributed by atoms with van der Waals surface area (Å²) < 4.78 is 12.5. The van der Waals surface area contributed by atoms with Crippen molar-refractivity contribution in [2.45, 2.75) is 13.8 Å². The number of halogens is 2. The van der Waals surface area contributed by atoms with Gasteiger partial charge >= 0.3 is 0 Å². The Kier molecular flexibility index (Phi) is 7.34. The Labute approximate surface area is 60.1 Å². The second kappa shape index (κ2) is 6.20. The van der Waals surface area contributed by atoms with Gasteiger partial charge in [-0.25, -0.2) is 4.39 Å². The lowest BCUT2D eigenvalue weighted by atomic mass is 10.2. The van der Waals surface area contributed by atoms with Gasteiger partial charge in [-0.2, -0.15) is 0 Å². The first-order valence-electron chi connectivity index (χ1n) is 2.84. The van der Waals surface area contributed by atoms with E-state index in [1.165, 1.54) is 12.2 Å². The molecule has 0 amide bonds. The van der Waals surface area contributed by atoms with E-state index in [0.717, 1.165) is 0 Å². The van der Waals surface area contributed by atoms with Crippen molar-refractivity contribution < 1.29 is 9.09 Å². The van der Waals surface area contributed by atoms with Gasteiger partial charge in [-0.15, -0.1) is 0 Å². The molecule has 0 aliphatic rings. The fraction of sp³-hybridized carbons (Fsp3) is 0.250. The van der Waals surface area contributed by atoms with Crippen LogP contribution in [0.4, 0.5) is 9.09 Å². The van der Waals surface area contributed by atoms with Crippen LogP contribution < -0.4 is 0 Å². The Bertz CT molecular complexity index is 155. The molecule has 0 rings (SSSR count). The number of rotatable bonds is 2. The lowest BCUT2D eigenvalue weighted by Crippen LogP contribution is -1.71. The largest absolute Gasteiger partial charge is 0.269 e. The first kappa shape index (κ1) is 11.8. The fourth-order valence-corrected chi connectivity index (χ4v) is 0.375. The second-order valence-corrected chi connectivity index (χ2v) is 1.74. The van der Waals surface area contributed by atoms with Crippen LogP contribution in [0.2, 0.25) is 0 Å². The van der Waals surface area contributed by atoms with E-state index in [1.54, 1.807) is 19.9 Å². The molecule has 58 valence electrons. The Balaban J connectivity index is 0. The summed E-state index contributed by atoms with van der Waals surface area (Å²) in [6.45, 7) is 6.89. The van der Waals surface area contributed by atoms with Crippen molar-refractivity contribution in [2.24, 2.45) is 0 Å². The van der Waals surface area contributed by atoms with Crippen LogP contribution in [0.1, 0.15) is 13.8 Å². The van der Waals surface area contributed by atoms with Crippen molar-refractivity contribution in [1.29, 1.82) is 0 Å². The van der Waals surface area contributed by atoms with Crippen LogP contribution in [0, 0.1) is 0 Å². The van der Waals surface area contributed by atoms with Gasteiger partial charge in [0, 0.05) is 0 Å². The van der Waals surface area contributed by atoms with Gasteiger partial charge < -0.3 is 0 Å². The molecule has 0 heterocycles. The minimum atomic E-state index is -0.215. The minimum Gasteiger partial charge on any atom is -0.269 e. The van der Waals surface area contributed by atoms with Gasteiger partial charge in [-0.1, -0.05) is 18.7 Å². The maximum atomic E-state index is 12.5. The highest BCUT2D eigenvalue weighted by Gasteiger charge is 1.88. The summed E-state index contributed by atoms with van der Waals surface area (Å²) >= 11 is 0. The van der Waals surface area contributed by atoms with Gasteiger partial charge in [0.25, 0.3) is 0 Å². The quantitative estimate of drug-likeness (QED) is 0.525. The highest BCUT2D eigenvalue weighted by molar-refractivity contribution is 5.24. The molecule has 10 heavy (non-hydrogen) atoms. The zero-order chi connectivity index (χ0) is 7.28. The van der Waals surface area contributed by atoms with E-state index < -0.39 is 0 Å². The lowest BCUT2D eigenvalue weighted by Gasteiger charge is -1.89. The molecule has 0 aromatic rings. The topological polar surface area (TPSA) is 0 Å². The molecule has 0 saturated heterocycles. The molecule has 0 unspecified atom stereocenters. The molecule has 0 fully saturated rings. The van der Waals surface area contributed by atoms with Gasteiger partial charge in [0.15, 0.2) is 0 Å². The first-order chi connectivity index (χ1) is 4.22. The molecule has 0 aliphatic heterocycles. The monoisotopic (exact) mass is 146 g/mol. The summed E-state index contributed by atoms with van der Waals surface area (Å²) in [6.07, 6.45) is 4.56. The van der Waals surface area contributed by atoms with Crippen LogP contribution in [-0.4, -0.2) is 0 Å². The summed E-state index contributed by atoms with van der Waals surface area (Å²) in [5.41, 5.74) is 0.577. The van der Waals surface area contributed by atoms with Crippen LogP contribution in [0.25, 0.3) is 0 Å². The summed E-state index contributed by atoms with van der Waals surface area (Å²) in [7, 11) is 0. The third-order valence-corrected chi connectivity index (χ3v) is 0.996. The van der Waals surface area contributed by atoms with E-state index in [1.807, 2.05) is 0 Å². The third kappa shape index (κ3) is 4.01. The molecule has 0 N–H and O–H groups in total. The van der Waals surface area contributed by atoms with Crippen LogP contribution in [-0.2, 0) is 0 Å². The van der Waals surface area contributed by atoms with Gasteiger partial charge in [-0.05, 0) is 25.5 Å². The molecule has 0 aromatic heterocycles. The smallest absolute Gasteiger partial charge is 0.125 e. The highest BCUT2D eigenvalue weighted by Crippen LogP contribution is 2.06. The van der Waals surface area contributed by atoms with E-state index in [0.29, 0.717) is 5.57 Å². The minimum absolute atomic E-state index is 0. The number of hydrogen-bond donors (Lipinski definition) is 0. The first-order valence-corrected chi connectivity index (χ1v) is 2.84. The van der Waals surface area contributed by atoms with Crippen molar-refractivity contribution in [2.75, 3.05) is 0 Å². The Morgan fingerprint density at radius 2 is 2.00 bits per heavy atom. The van der Waals surface area contributed by atoms with Crippen LogP contribution in [0.5, 0.6) is 0 Å². The van der Waals surface area contributed by atoms with E-state index in [-0.39, 0.29) is 10.5 Å². The maximum absolute atomic E-state index is 12.5. The molecule has 0 aromatic carbocycles. The predicted octanol–water partition coefficient (Wildman–Crippen LogP) is 3.14. The van der Waals surface area contributed by atoms with Crippen molar-refractivity contribution >= 4 is 0 Å². The van der Waals surface area contributed by atoms with Crippen molar-refractivity contribution in [1.82, 2.24) is 0 Å². The normalized spacial score (nSPS) is 12.3. The summed E-state index contributed by atoms with van der Waals surface area (Å²) in [5.74, 6) is -0.215. The molecular weight excluding hydrogens is 134 g/mol. The lowest BCUT2D eigenvalue weighted by molar-refractivity contribution is 0.658. The average molecular weight is 146 g/mol. The molecule has 0 radical (unpaired) electrons. The van der Waals surface area contributed by atoms with E-state index in [9.17, 15) is 4.39 Å². The maximum Gasteiger partial charge on any atom is 0.125 e. The fourth-order valence-electron chi connectivity index (χ4n) is 0.375. The SMILES string of the molecule is C=C/C(C)=C(F)\C=C/C.F. The van der Waals surface area contributed by atoms with Crippen LogP contribution >= 0.6 is 0 Å². The molecular formula is C8H12F2. The molecule has 0 saturated carbocycles. The number of allylic oxidation sites excluding steroid dienone is 5. The Hall–Kier alpha value is -0.920. The van der Waals surface area contributed by atoms with Crippen molar-refractivity contribution in [3.8, 4) is 0 Å². The van der Waals surface area contributed by atoms with Crippen molar-refractivity contribution in [3.63, 3.8) is 0 Å². The average Bonchev–Trinajstić information content (AvgIpc) is 1.87. The van der Waals surface area contributed by atoms with E-state index in [2.05, 4.69) is 6.58 Å². The van der Waals surface area contributed by atoms with Gasteiger partial charge in [0.1, 0.15) is 5.83 Å². The van der Waals surface area contributed by atoms with Gasteiger partial charge in [0.2, 0.25) is 0 Å². The molecule has 2 heteroatoms. The van der Waals surface area contributed by atoms with Gasteiger partial charge in [0.05, 0.1) is 0 Å². The Morgan fingerprint density at radius 1 is 1.50 bits per heavy atom. The molecule has 0 atom stereocenters.